The van der Waals surface area contributed by atoms with Crippen LogP contribution in [0.2, 0.25) is 0 Å². The fourth-order valence-electron chi connectivity index (χ4n) is 9.02. The lowest BCUT2D eigenvalue weighted by molar-refractivity contribution is -0.161. The van der Waals surface area contributed by atoms with Gasteiger partial charge in [-0.15, -0.1) is 0 Å². The van der Waals surface area contributed by atoms with Gasteiger partial charge in [-0.1, -0.05) is 302 Å². The average Bonchev–Trinajstić information content (AvgIpc) is 3.42. The van der Waals surface area contributed by atoms with Crippen molar-refractivity contribution < 1.29 is 24.2 Å². The molecule has 0 heterocycles. The summed E-state index contributed by atoms with van der Waals surface area (Å²) in [6.45, 7) is 3.93. The van der Waals surface area contributed by atoms with Crippen molar-refractivity contribution in [2.24, 2.45) is 0 Å². The van der Waals surface area contributed by atoms with Crippen LogP contribution in [0.25, 0.3) is 0 Å². The largest absolute Gasteiger partial charge is 0.462 e. The molecule has 5 nitrogen and oxygen atoms in total. The Kier molecular flexibility index (Phi) is 62.4. The minimum atomic E-state index is -0.781. The summed E-state index contributed by atoms with van der Waals surface area (Å²) in [6, 6.07) is 0. The summed E-state index contributed by atoms with van der Waals surface area (Å²) in [7, 11) is 0. The molecule has 0 amide bonds. The van der Waals surface area contributed by atoms with Crippen LogP contribution in [0.1, 0.15) is 296 Å². The van der Waals surface area contributed by atoms with Crippen LogP contribution in [-0.2, 0) is 19.1 Å². The molecule has 0 aromatic heterocycles. The molecule has 1 unspecified atom stereocenters. The van der Waals surface area contributed by atoms with Crippen molar-refractivity contribution in [2.75, 3.05) is 13.2 Å². The number of ether oxygens (including phenoxy) is 2. The highest BCUT2D eigenvalue weighted by Gasteiger charge is 2.16. The van der Waals surface area contributed by atoms with Gasteiger partial charge in [-0.25, -0.2) is 0 Å². The van der Waals surface area contributed by atoms with Crippen LogP contribution in [0.15, 0.2) is 122 Å². The number of carbonyl (C=O) groups excluding carboxylic acids is 2. The summed E-state index contributed by atoms with van der Waals surface area (Å²) < 4.78 is 10.7. The molecule has 1 atom stereocenters. The Morgan fingerprint density at radius 2 is 0.526 bits per heavy atom. The predicted molar refractivity (Wildman–Crippen MR) is 334 cm³/mol. The van der Waals surface area contributed by atoms with Crippen molar-refractivity contribution in [3.05, 3.63) is 122 Å². The van der Waals surface area contributed by atoms with Gasteiger partial charge in [0.2, 0.25) is 0 Å². The van der Waals surface area contributed by atoms with Crippen molar-refractivity contribution in [2.45, 2.75) is 302 Å². The monoisotopic (exact) mass is 1050 g/mol. The van der Waals surface area contributed by atoms with Crippen molar-refractivity contribution in [3.63, 3.8) is 0 Å². The molecule has 0 aliphatic carbocycles. The third kappa shape index (κ3) is 62.8. The normalized spacial score (nSPS) is 13.0. The van der Waals surface area contributed by atoms with Crippen LogP contribution in [0, 0.1) is 0 Å². The number of aliphatic hydroxyl groups is 1. The first-order chi connectivity index (χ1) is 37.6. The number of carbonyl (C=O) groups is 2. The van der Waals surface area contributed by atoms with E-state index in [-0.39, 0.29) is 25.2 Å². The molecule has 0 saturated carbocycles. The smallest absolute Gasteiger partial charge is 0.306 e. The standard InChI is InChI=1S/C71H120O5/c1-3-5-7-9-11-13-15-17-19-21-23-25-27-29-30-31-32-33-34-35-36-37-38-39-40-42-44-46-48-50-52-54-56-58-60-62-64-66-71(74)76-69(67-72)68-75-70(73)65-63-61-59-57-55-53-51-49-47-45-43-41-28-26-24-22-20-18-16-14-12-10-8-6-4-2/h5-8,11-14,17-20,23-26,29-30,41,43,69,72H,3-4,9-10,15-16,21-22,27-28,31-40,42,44-68H2,1-2H3/b7-5-,8-6-,13-11-,14-12-,19-17-,20-18-,25-23-,26-24-,30-29-,43-41-. The summed E-state index contributed by atoms with van der Waals surface area (Å²) in [5.74, 6) is -0.592. The van der Waals surface area contributed by atoms with Gasteiger partial charge in [0.25, 0.3) is 0 Å². The molecule has 0 spiro atoms. The molecule has 0 radical (unpaired) electrons. The number of allylic oxidation sites excluding steroid dienone is 20. The van der Waals surface area contributed by atoms with Crippen LogP contribution in [0.4, 0.5) is 0 Å². The quantitative estimate of drug-likeness (QED) is 0.0373. The Morgan fingerprint density at radius 1 is 0.303 bits per heavy atom. The van der Waals surface area contributed by atoms with Crippen LogP contribution in [0.3, 0.4) is 0 Å². The summed E-state index contributed by atoms with van der Waals surface area (Å²) in [5.41, 5.74) is 0. The highest BCUT2D eigenvalue weighted by atomic mass is 16.6. The van der Waals surface area contributed by atoms with Gasteiger partial charge in [-0.3, -0.25) is 9.59 Å². The lowest BCUT2D eigenvalue weighted by Gasteiger charge is -2.15. The molecule has 0 aromatic rings. The Bertz CT molecular complexity index is 1520. The molecular weight excluding hydrogens is 933 g/mol. The summed E-state index contributed by atoms with van der Waals surface area (Å²) in [6.07, 6.45) is 96.3. The Hall–Kier alpha value is -3.70. The molecule has 1 N–H and O–H groups in total. The lowest BCUT2D eigenvalue weighted by atomic mass is 10.0. The van der Waals surface area contributed by atoms with Gasteiger partial charge in [0.05, 0.1) is 6.61 Å². The minimum Gasteiger partial charge on any atom is -0.462 e. The van der Waals surface area contributed by atoms with Gasteiger partial charge >= 0.3 is 11.9 Å². The van der Waals surface area contributed by atoms with Crippen molar-refractivity contribution in [1.29, 1.82) is 0 Å². The molecular formula is C71H120O5. The van der Waals surface area contributed by atoms with Crippen LogP contribution >= 0.6 is 0 Å². The maximum absolute atomic E-state index is 12.3. The van der Waals surface area contributed by atoms with E-state index in [1.807, 2.05) is 0 Å². The first kappa shape index (κ1) is 72.3. The highest BCUT2D eigenvalue weighted by Crippen LogP contribution is 2.17. The Balaban J connectivity index is 3.47. The zero-order valence-electron chi connectivity index (χ0n) is 49.7. The maximum atomic E-state index is 12.3. The second-order valence-corrected chi connectivity index (χ2v) is 21.1. The summed E-state index contributed by atoms with van der Waals surface area (Å²) in [4.78, 5) is 24.6. The van der Waals surface area contributed by atoms with E-state index in [9.17, 15) is 14.7 Å². The molecule has 0 aromatic carbocycles. The second kappa shape index (κ2) is 65.6. The molecule has 0 aliphatic rings. The fourth-order valence-corrected chi connectivity index (χ4v) is 9.02. The van der Waals surface area contributed by atoms with E-state index in [2.05, 4.69) is 135 Å². The van der Waals surface area contributed by atoms with Gasteiger partial charge in [-0.2, -0.15) is 0 Å². The molecule has 0 saturated heterocycles. The van der Waals surface area contributed by atoms with E-state index >= 15 is 0 Å². The third-order valence-electron chi connectivity index (χ3n) is 13.8. The lowest BCUT2D eigenvalue weighted by Crippen LogP contribution is -2.28. The van der Waals surface area contributed by atoms with Gasteiger partial charge in [0, 0.05) is 12.8 Å². The molecule has 76 heavy (non-hydrogen) atoms. The topological polar surface area (TPSA) is 72.8 Å². The summed E-state index contributed by atoms with van der Waals surface area (Å²) >= 11 is 0. The van der Waals surface area contributed by atoms with E-state index in [4.69, 9.17) is 9.47 Å². The molecule has 434 valence electrons. The molecule has 5 heteroatoms. The molecule has 0 rings (SSSR count). The van der Waals surface area contributed by atoms with Gasteiger partial charge in [-0.05, 0) is 103 Å². The number of unbranched alkanes of at least 4 members (excludes halogenated alkanes) is 30. The van der Waals surface area contributed by atoms with E-state index < -0.39 is 6.10 Å². The number of hydrogen-bond donors (Lipinski definition) is 1. The zero-order chi connectivity index (χ0) is 54.8. The van der Waals surface area contributed by atoms with Crippen LogP contribution in [-0.4, -0.2) is 36.4 Å². The minimum absolute atomic E-state index is 0.0720. The van der Waals surface area contributed by atoms with Gasteiger partial charge in [0.15, 0.2) is 6.10 Å². The molecule has 0 aliphatic heterocycles. The first-order valence-electron chi connectivity index (χ1n) is 32.1. The zero-order valence-corrected chi connectivity index (χ0v) is 49.7. The van der Waals surface area contributed by atoms with E-state index in [1.165, 1.54) is 167 Å². The summed E-state index contributed by atoms with van der Waals surface area (Å²) in [5, 5.41) is 9.68. The van der Waals surface area contributed by atoms with Crippen molar-refractivity contribution in [1.82, 2.24) is 0 Å². The highest BCUT2D eigenvalue weighted by molar-refractivity contribution is 5.70. The van der Waals surface area contributed by atoms with E-state index in [0.717, 1.165) is 103 Å². The average molecular weight is 1050 g/mol. The molecule has 0 bridgehead atoms. The Morgan fingerprint density at radius 3 is 0.789 bits per heavy atom. The Labute approximate surface area is 471 Å². The van der Waals surface area contributed by atoms with E-state index in [1.54, 1.807) is 0 Å². The first-order valence-corrected chi connectivity index (χ1v) is 32.1. The number of aliphatic hydroxyl groups excluding tert-OH is 1. The number of hydrogen-bond acceptors (Lipinski definition) is 5. The number of rotatable bonds is 58. The third-order valence-corrected chi connectivity index (χ3v) is 13.8. The van der Waals surface area contributed by atoms with E-state index in [0.29, 0.717) is 12.8 Å². The van der Waals surface area contributed by atoms with Crippen LogP contribution in [0.5, 0.6) is 0 Å². The van der Waals surface area contributed by atoms with Crippen molar-refractivity contribution >= 4 is 11.9 Å². The second-order valence-electron chi connectivity index (χ2n) is 21.1. The van der Waals surface area contributed by atoms with Gasteiger partial charge < -0.3 is 14.6 Å². The maximum Gasteiger partial charge on any atom is 0.306 e. The van der Waals surface area contributed by atoms with Crippen molar-refractivity contribution in [3.8, 4) is 0 Å². The van der Waals surface area contributed by atoms with Crippen LogP contribution < -0.4 is 0 Å². The molecule has 0 fully saturated rings. The predicted octanol–water partition coefficient (Wildman–Crippen LogP) is 22.2. The van der Waals surface area contributed by atoms with Gasteiger partial charge in [0.1, 0.15) is 6.61 Å². The number of esters is 2. The fraction of sp³-hybridized carbons (Fsp3) is 0.690. The SMILES string of the molecule is CC/C=C\C/C=C\C/C=C\C/C=C\C/C=C\CCCCCCCCCCCCCCCCCCCCCCCC(=O)OC(CO)COC(=O)CCCCCCCCCCC/C=C\C/C=C\C/C=C\C/C=C\C/C=C\CC.